The van der Waals surface area contributed by atoms with Crippen molar-refractivity contribution in [3.05, 3.63) is 47.3 Å². The number of hydrogen-bond donors (Lipinski definition) is 1. The summed E-state index contributed by atoms with van der Waals surface area (Å²) in [6, 6.07) is 9.03. The van der Waals surface area contributed by atoms with Crippen molar-refractivity contribution < 1.29 is 14.7 Å². The molecule has 1 aromatic carbocycles. The standard InChI is InChI=1S/C17H17N3O3S/c1-10-7-11(2)19-17(18-10)24-9-15(21)20-8-13(16(22)23)12-5-3-4-6-14(12)20/h3-7,13H,8-9H2,1-2H3,(H,22,23). The average molecular weight is 343 g/mol. The summed E-state index contributed by atoms with van der Waals surface area (Å²) in [5.41, 5.74) is 3.08. The van der Waals surface area contributed by atoms with Crippen LogP contribution in [-0.4, -0.2) is 39.2 Å². The van der Waals surface area contributed by atoms with Crippen molar-refractivity contribution in [2.24, 2.45) is 0 Å². The lowest BCUT2D eigenvalue weighted by atomic mass is 10.0. The van der Waals surface area contributed by atoms with Gasteiger partial charge in [0.2, 0.25) is 5.91 Å². The molecule has 0 spiro atoms. The minimum atomic E-state index is -0.914. The Hall–Kier alpha value is -2.41. The van der Waals surface area contributed by atoms with Gasteiger partial charge in [-0.2, -0.15) is 0 Å². The number of benzene rings is 1. The minimum Gasteiger partial charge on any atom is -0.481 e. The molecule has 1 aliphatic rings. The van der Waals surface area contributed by atoms with E-state index in [1.54, 1.807) is 23.1 Å². The summed E-state index contributed by atoms with van der Waals surface area (Å²) in [5.74, 6) is -1.56. The first-order valence-electron chi connectivity index (χ1n) is 7.53. The van der Waals surface area contributed by atoms with E-state index in [1.807, 2.05) is 26.0 Å². The van der Waals surface area contributed by atoms with Crippen LogP contribution in [0, 0.1) is 13.8 Å². The molecule has 24 heavy (non-hydrogen) atoms. The molecule has 1 amide bonds. The lowest BCUT2D eigenvalue weighted by molar-refractivity contribution is -0.138. The maximum absolute atomic E-state index is 12.6. The van der Waals surface area contributed by atoms with Crippen LogP contribution in [0.2, 0.25) is 0 Å². The smallest absolute Gasteiger partial charge is 0.312 e. The molecule has 1 N–H and O–H groups in total. The molecule has 2 aromatic rings. The van der Waals surface area contributed by atoms with E-state index in [-0.39, 0.29) is 18.2 Å². The number of para-hydroxylation sites is 1. The van der Waals surface area contributed by atoms with Crippen molar-refractivity contribution in [2.45, 2.75) is 24.9 Å². The van der Waals surface area contributed by atoms with Crippen LogP contribution in [-0.2, 0) is 9.59 Å². The zero-order valence-electron chi connectivity index (χ0n) is 13.4. The summed E-state index contributed by atoms with van der Waals surface area (Å²) in [5, 5.41) is 9.92. The van der Waals surface area contributed by atoms with Gasteiger partial charge >= 0.3 is 5.97 Å². The van der Waals surface area contributed by atoms with Gasteiger partial charge in [0.05, 0.1) is 5.75 Å². The lowest BCUT2D eigenvalue weighted by Crippen LogP contribution is -2.32. The van der Waals surface area contributed by atoms with Gasteiger partial charge < -0.3 is 10.0 Å². The highest BCUT2D eigenvalue weighted by atomic mass is 32.2. The summed E-state index contributed by atoms with van der Waals surface area (Å²) in [4.78, 5) is 34.2. The zero-order valence-corrected chi connectivity index (χ0v) is 14.2. The van der Waals surface area contributed by atoms with Gasteiger partial charge in [-0.05, 0) is 31.5 Å². The van der Waals surface area contributed by atoms with Crippen LogP contribution in [0.5, 0.6) is 0 Å². The van der Waals surface area contributed by atoms with E-state index >= 15 is 0 Å². The molecule has 1 atom stereocenters. The van der Waals surface area contributed by atoms with Gasteiger partial charge in [0, 0.05) is 23.6 Å². The van der Waals surface area contributed by atoms with Crippen LogP contribution in [0.25, 0.3) is 0 Å². The van der Waals surface area contributed by atoms with Crippen molar-refractivity contribution in [2.75, 3.05) is 17.2 Å². The van der Waals surface area contributed by atoms with E-state index in [2.05, 4.69) is 9.97 Å². The van der Waals surface area contributed by atoms with Crippen molar-refractivity contribution >= 4 is 29.3 Å². The number of carboxylic acid groups (broad SMARTS) is 1. The summed E-state index contributed by atoms with van der Waals surface area (Å²) in [7, 11) is 0. The van der Waals surface area contributed by atoms with Gasteiger partial charge in [0.1, 0.15) is 5.92 Å². The Morgan fingerprint density at radius 2 is 1.92 bits per heavy atom. The van der Waals surface area contributed by atoms with Gasteiger partial charge in [-0.15, -0.1) is 0 Å². The van der Waals surface area contributed by atoms with Crippen LogP contribution in [0.4, 0.5) is 5.69 Å². The fourth-order valence-electron chi connectivity index (χ4n) is 2.82. The fourth-order valence-corrected chi connectivity index (χ4v) is 3.64. The van der Waals surface area contributed by atoms with Crippen LogP contribution < -0.4 is 4.90 Å². The highest BCUT2D eigenvalue weighted by Gasteiger charge is 2.36. The van der Waals surface area contributed by atoms with Crippen molar-refractivity contribution in [1.82, 2.24) is 9.97 Å². The minimum absolute atomic E-state index is 0.140. The molecule has 124 valence electrons. The number of thioether (sulfide) groups is 1. The number of hydrogen-bond acceptors (Lipinski definition) is 5. The Morgan fingerprint density at radius 1 is 1.25 bits per heavy atom. The molecule has 0 saturated carbocycles. The Labute approximate surface area is 143 Å². The SMILES string of the molecule is Cc1cc(C)nc(SCC(=O)N2CC(C(=O)O)c3ccccc32)n1. The Balaban J connectivity index is 1.75. The molecule has 0 aliphatic carbocycles. The third kappa shape index (κ3) is 3.26. The van der Waals surface area contributed by atoms with E-state index < -0.39 is 11.9 Å². The number of nitrogens with zero attached hydrogens (tertiary/aromatic N) is 3. The average Bonchev–Trinajstić information content (AvgIpc) is 2.92. The maximum atomic E-state index is 12.6. The van der Waals surface area contributed by atoms with Gasteiger partial charge in [0.15, 0.2) is 5.16 Å². The fraction of sp³-hybridized carbons (Fsp3) is 0.294. The number of amides is 1. The Kier molecular flexibility index (Phi) is 4.53. The van der Waals surface area contributed by atoms with E-state index in [9.17, 15) is 14.7 Å². The largest absolute Gasteiger partial charge is 0.481 e. The highest BCUT2D eigenvalue weighted by molar-refractivity contribution is 7.99. The number of aromatic nitrogens is 2. The molecule has 6 nitrogen and oxygen atoms in total. The van der Waals surface area contributed by atoms with Crippen molar-refractivity contribution in [3.8, 4) is 0 Å². The number of anilines is 1. The topological polar surface area (TPSA) is 83.4 Å². The summed E-state index contributed by atoms with van der Waals surface area (Å²) >= 11 is 1.27. The number of carbonyl (C=O) groups is 2. The molecule has 0 bridgehead atoms. The first kappa shape index (κ1) is 16.4. The van der Waals surface area contributed by atoms with Gasteiger partial charge in [0.25, 0.3) is 0 Å². The number of rotatable bonds is 4. The van der Waals surface area contributed by atoms with E-state index in [4.69, 9.17) is 0 Å². The zero-order chi connectivity index (χ0) is 17.3. The van der Waals surface area contributed by atoms with E-state index in [0.717, 1.165) is 11.4 Å². The lowest BCUT2D eigenvalue weighted by Gasteiger charge is -2.17. The second-order valence-electron chi connectivity index (χ2n) is 5.68. The first-order valence-corrected chi connectivity index (χ1v) is 8.51. The monoisotopic (exact) mass is 343 g/mol. The number of aryl methyl sites for hydroxylation is 2. The Morgan fingerprint density at radius 3 is 2.58 bits per heavy atom. The van der Waals surface area contributed by atoms with Crippen LogP contribution in [0.1, 0.15) is 22.9 Å². The van der Waals surface area contributed by atoms with Crippen LogP contribution in [0.15, 0.2) is 35.5 Å². The molecule has 2 heterocycles. The maximum Gasteiger partial charge on any atom is 0.312 e. The Bertz CT molecular complexity index is 789. The number of aliphatic carboxylic acids is 1. The van der Waals surface area contributed by atoms with Crippen LogP contribution >= 0.6 is 11.8 Å². The molecule has 0 saturated heterocycles. The summed E-state index contributed by atoms with van der Waals surface area (Å²) < 4.78 is 0. The second kappa shape index (κ2) is 6.60. The van der Waals surface area contributed by atoms with Gasteiger partial charge in [-0.1, -0.05) is 30.0 Å². The molecule has 1 unspecified atom stereocenters. The molecule has 3 rings (SSSR count). The molecule has 1 aliphatic heterocycles. The second-order valence-corrected chi connectivity index (χ2v) is 6.62. The number of carboxylic acids is 1. The quantitative estimate of drug-likeness (QED) is 0.678. The molecule has 0 radical (unpaired) electrons. The van der Waals surface area contributed by atoms with Gasteiger partial charge in [-0.25, -0.2) is 9.97 Å². The van der Waals surface area contributed by atoms with Gasteiger partial charge in [-0.3, -0.25) is 9.59 Å². The third-order valence-electron chi connectivity index (χ3n) is 3.85. The highest BCUT2D eigenvalue weighted by Crippen LogP contribution is 2.36. The predicted molar refractivity (Wildman–Crippen MR) is 91.4 cm³/mol. The molecule has 0 fully saturated rings. The molecule has 1 aromatic heterocycles. The molecular formula is C17H17N3O3S. The van der Waals surface area contributed by atoms with E-state index in [0.29, 0.717) is 16.4 Å². The summed E-state index contributed by atoms with van der Waals surface area (Å²) in [6.45, 7) is 3.94. The number of fused-ring (bicyclic) bond motifs is 1. The number of carbonyl (C=O) groups excluding carboxylic acids is 1. The molecular weight excluding hydrogens is 326 g/mol. The molecule has 7 heteroatoms. The van der Waals surface area contributed by atoms with E-state index in [1.165, 1.54) is 11.8 Å². The first-order chi connectivity index (χ1) is 11.5. The third-order valence-corrected chi connectivity index (χ3v) is 4.69. The predicted octanol–water partition coefficient (Wildman–Crippen LogP) is 2.40. The summed E-state index contributed by atoms with van der Waals surface area (Å²) in [6.07, 6.45) is 0. The van der Waals surface area contributed by atoms with Crippen molar-refractivity contribution in [1.29, 1.82) is 0 Å². The van der Waals surface area contributed by atoms with Crippen LogP contribution in [0.3, 0.4) is 0 Å². The van der Waals surface area contributed by atoms with Crippen molar-refractivity contribution in [3.63, 3.8) is 0 Å². The normalized spacial score (nSPS) is 16.1.